The monoisotopic (exact) mass is 307 g/mol. The zero-order valence-electron chi connectivity index (χ0n) is 11.9. The van der Waals surface area contributed by atoms with Gasteiger partial charge in [-0.05, 0) is 44.9 Å². The minimum absolute atomic E-state index is 0.236. The summed E-state index contributed by atoms with van der Waals surface area (Å²) in [4.78, 5) is 4.49. The molecule has 0 saturated heterocycles. The molecule has 0 bridgehead atoms. The van der Waals surface area contributed by atoms with Crippen LogP contribution in [0.15, 0.2) is 9.72 Å². The van der Waals surface area contributed by atoms with Gasteiger partial charge in [0.15, 0.2) is 0 Å². The third-order valence-corrected chi connectivity index (χ3v) is 6.52. The van der Waals surface area contributed by atoms with E-state index >= 15 is 0 Å². The summed E-state index contributed by atoms with van der Waals surface area (Å²) in [5, 5.41) is 15.4. The number of hydrogen-bond acceptors (Lipinski definition) is 5. The van der Waals surface area contributed by atoms with Gasteiger partial charge in [0.05, 0.1) is 6.07 Å². The highest BCUT2D eigenvalue weighted by molar-refractivity contribution is 8.00. The molecule has 2 fully saturated rings. The zero-order chi connectivity index (χ0) is 14.0. The van der Waals surface area contributed by atoms with Gasteiger partial charge in [0.2, 0.25) is 0 Å². The van der Waals surface area contributed by atoms with E-state index in [4.69, 9.17) is 0 Å². The lowest BCUT2D eigenvalue weighted by atomic mass is 9.86. The quantitative estimate of drug-likeness (QED) is 0.813. The first kappa shape index (κ1) is 14.4. The predicted molar refractivity (Wildman–Crippen MR) is 84.0 cm³/mol. The summed E-state index contributed by atoms with van der Waals surface area (Å²) in [6.45, 7) is 2.04. The molecule has 0 amide bonds. The van der Waals surface area contributed by atoms with E-state index in [0.29, 0.717) is 12.0 Å². The highest BCUT2D eigenvalue weighted by Gasteiger charge is 2.45. The maximum Gasteiger partial charge on any atom is 0.150 e. The highest BCUT2D eigenvalue weighted by atomic mass is 32.2. The topological polar surface area (TPSA) is 48.7 Å². The van der Waals surface area contributed by atoms with Crippen LogP contribution in [0, 0.1) is 24.2 Å². The van der Waals surface area contributed by atoms with E-state index in [9.17, 15) is 5.26 Å². The molecule has 1 aromatic rings. The van der Waals surface area contributed by atoms with Crippen molar-refractivity contribution in [1.82, 2.24) is 10.3 Å². The Morgan fingerprint density at radius 3 is 3.05 bits per heavy atom. The smallest absolute Gasteiger partial charge is 0.150 e. The molecule has 5 heteroatoms. The second-order valence-electron chi connectivity index (χ2n) is 5.98. The Kier molecular flexibility index (Phi) is 4.34. The number of hydrogen-bond donors (Lipinski definition) is 1. The van der Waals surface area contributed by atoms with Crippen molar-refractivity contribution >= 4 is 23.1 Å². The average Bonchev–Trinajstić information content (AvgIpc) is 3.01. The summed E-state index contributed by atoms with van der Waals surface area (Å²) in [5.74, 6) is 1.59. The van der Waals surface area contributed by atoms with E-state index < -0.39 is 0 Å². The number of thiazole rings is 1. The summed E-state index contributed by atoms with van der Waals surface area (Å²) in [6, 6.07) is 3.23. The van der Waals surface area contributed by atoms with Crippen molar-refractivity contribution in [2.45, 2.75) is 61.4 Å². The summed E-state index contributed by atoms with van der Waals surface area (Å²) in [7, 11) is 0. The number of aryl methyl sites for hydroxylation is 1. The fourth-order valence-electron chi connectivity index (χ4n) is 3.12. The Morgan fingerprint density at radius 2 is 2.40 bits per heavy atom. The molecular weight excluding hydrogens is 286 g/mol. The van der Waals surface area contributed by atoms with Crippen LogP contribution in [0.3, 0.4) is 0 Å². The molecule has 0 radical (unpaired) electrons. The molecule has 0 spiro atoms. The Labute approximate surface area is 129 Å². The predicted octanol–water partition coefficient (Wildman–Crippen LogP) is 3.75. The summed E-state index contributed by atoms with van der Waals surface area (Å²) in [5.41, 5.74) is 0.876. The molecule has 0 aromatic carbocycles. The first-order chi connectivity index (χ1) is 9.72. The number of rotatable bonds is 6. The molecule has 3 nitrogen and oxygen atoms in total. The second-order valence-corrected chi connectivity index (χ2v) is 8.18. The Balaban J connectivity index is 1.54. The molecule has 2 atom stereocenters. The van der Waals surface area contributed by atoms with Gasteiger partial charge in [0.25, 0.3) is 0 Å². The number of nitriles is 1. The van der Waals surface area contributed by atoms with Gasteiger partial charge in [-0.2, -0.15) is 5.26 Å². The third-order valence-electron chi connectivity index (χ3n) is 4.35. The van der Waals surface area contributed by atoms with E-state index in [1.165, 1.54) is 30.0 Å². The van der Waals surface area contributed by atoms with Crippen molar-refractivity contribution < 1.29 is 0 Å². The zero-order valence-corrected chi connectivity index (χ0v) is 13.5. The summed E-state index contributed by atoms with van der Waals surface area (Å²) < 4.78 is 1.17. The van der Waals surface area contributed by atoms with Gasteiger partial charge in [0, 0.05) is 22.9 Å². The fourth-order valence-corrected chi connectivity index (χ4v) is 5.09. The van der Waals surface area contributed by atoms with Crippen molar-refractivity contribution in [3.05, 3.63) is 11.1 Å². The molecule has 2 aliphatic carbocycles. The first-order valence-corrected chi connectivity index (χ1v) is 9.32. The molecule has 108 valence electrons. The number of nitrogens with one attached hydrogen (secondary N) is 1. The van der Waals surface area contributed by atoms with Crippen LogP contribution >= 0.6 is 23.1 Å². The number of thioether (sulfide) groups is 1. The maximum absolute atomic E-state index is 9.65. The van der Waals surface area contributed by atoms with Gasteiger partial charge in [-0.3, -0.25) is 5.32 Å². The minimum atomic E-state index is -0.236. The first-order valence-electron chi connectivity index (χ1n) is 7.46. The van der Waals surface area contributed by atoms with E-state index in [2.05, 4.69) is 21.8 Å². The van der Waals surface area contributed by atoms with E-state index in [1.807, 2.05) is 18.7 Å². The SMILES string of the molecule is Cc1csc(SCCC2CCCC2(C#N)NC2CC2)n1. The largest absolute Gasteiger partial charge is 0.296 e. The van der Waals surface area contributed by atoms with Crippen molar-refractivity contribution in [3.8, 4) is 6.07 Å². The third kappa shape index (κ3) is 3.19. The maximum atomic E-state index is 9.65. The normalized spacial score (nSPS) is 29.5. The molecule has 3 rings (SSSR count). The molecule has 2 aliphatic rings. The minimum Gasteiger partial charge on any atom is -0.296 e. The van der Waals surface area contributed by atoms with E-state index in [0.717, 1.165) is 24.3 Å². The Morgan fingerprint density at radius 1 is 1.55 bits per heavy atom. The molecule has 0 aliphatic heterocycles. The van der Waals surface area contributed by atoms with Gasteiger partial charge in [-0.15, -0.1) is 11.3 Å². The van der Waals surface area contributed by atoms with Crippen molar-refractivity contribution in [2.24, 2.45) is 5.92 Å². The van der Waals surface area contributed by atoms with Gasteiger partial charge < -0.3 is 0 Å². The van der Waals surface area contributed by atoms with Gasteiger partial charge in [-0.25, -0.2) is 4.98 Å². The van der Waals surface area contributed by atoms with Crippen LogP contribution in [0.5, 0.6) is 0 Å². The number of nitrogens with zero attached hydrogens (tertiary/aromatic N) is 2. The fraction of sp³-hybridized carbons (Fsp3) is 0.733. The lowest BCUT2D eigenvalue weighted by Crippen LogP contribution is -2.48. The van der Waals surface area contributed by atoms with Gasteiger partial charge in [-0.1, -0.05) is 18.2 Å². The molecule has 2 unspecified atom stereocenters. The van der Waals surface area contributed by atoms with Crippen LogP contribution in [0.4, 0.5) is 0 Å². The number of aromatic nitrogens is 1. The lowest BCUT2D eigenvalue weighted by Gasteiger charge is -2.30. The van der Waals surface area contributed by atoms with Crippen molar-refractivity contribution in [3.63, 3.8) is 0 Å². The standard InChI is InChI=1S/C15H21N3S2/c1-11-9-20-14(17-11)19-8-6-12-3-2-7-15(12,10-16)18-13-4-5-13/h9,12-13,18H,2-8H2,1H3. The molecule has 1 aromatic heterocycles. The molecule has 1 heterocycles. The lowest BCUT2D eigenvalue weighted by molar-refractivity contribution is 0.308. The van der Waals surface area contributed by atoms with Crippen LogP contribution < -0.4 is 5.32 Å². The van der Waals surface area contributed by atoms with Gasteiger partial charge >= 0.3 is 0 Å². The van der Waals surface area contributed by atoms with Crippen molar-refractivity contribution in [2.75, 3.05) is 5.75 Å². The molecular formula is C15H21N3S2. The van der Waals surface area contributed by atoms with Crippen LogP contribution in [0.2, 0.25) is 0 Å². The van der Waals surface area contributed by atoms with Gasteiger partial charge in [0.1, 0.15) is 9.88 Å². The van der Waals surface area contributed by atoms with Crippen LogP contribution in [-0.4, -0.2) is 22.3 Å². The van der Waals surface area contributed by atoms with Crippen LogP contribution in [0.25, 0.3) is 0 Å². The summed E-state index contributed by atoms with van der Waals surface area (Å²) >= 11 is 3.57. The summed E-state index contributed by atoms with van der Waals surface area (Å²) in [6.07, 6.45) is 7.05. The highest BCUT2D eigenvalue weighted by Crippen LogP contribution is 2.41. The van der Waals surface area contributed by atoms with E-state index in [1.54, 1.807) is 11.3 Å². The van der Waals surface area contributed by atoms with Crippen LogP contribution in [0.1, 0.15) is 44.2 Å². The van der Waals surface area contributed by atoms with Crippen molar-refractivity contribution in [1.29, 1.82) is 5.26 Å². The molecule has 20 heavy (non-hydrogen) atoms. The Hall–Kier alpha value is -0.570. The molecule has 2 saturated carbocycles. The second kappa shape index (κ2) is 6.05. The van der Waals surface area contributed by atoms with E-state index in [-0.39, 0.29) is 5.54 Å². The Bertz CT molecular complexity index is 503. The van der Waals surface area contributed by atoms with Crippen LogP contribution in [-0.2, 0) is 0 Å². The molecule has 1 N–H and O–H groups in total. The average molecular weight is 307 g/mol.